The van der Waals surface area contributed by atoms with Crippen molar-refractivity contribution >= 4 is 26.6 Å². The van der Waals surface area contributed by atoms with Gasteiger partial charge in [-0.3, -0.25) is 4.79 Å². The van der Waals surface area contributed by atoms with Gasteiger partial charge in [-0.05, 0) is 15.5 Å². The standard InChI is InChI=1S/C9H8NOP/c11-6-7-5-10(12)9-4-2-1-3-8(7)9/h1-6H,12H2. The second-order valence-corrected chi connectivity index (χ2v) is 3.18. The van der Waals surface area contributed by atoms with Crippen molar-refractivity contribution in [3.8, 4) is 0 Å². The third kappa shape index (κ3) is 0.961. The molecule has 2 nitrogen and oxygen atoms in total. The molecule has 0 amide bonds. The molecule has 0 radical (unpaired) electrons. The topological polar surface area (TPSA) is 22.0 Å². The van der Waals surface area contributed by atoms with Crippen LogP contribution in [0.25, 0.3) is 10.9 Å². The number of carbonyl (C=O) groups is 1. The average molecular weight is 177 g/mol. The van der Waals surface area contributed by atoms with Gasteiger partial charge >= 0.3 is 0 Å². The van der Waals surface area contributed by atoms with E-state index in [-0.39, 0.29) is 0 Å². The van der Waals surface area contributed by atoms with Crippen molar-refractivity contribution in [3.05, 3.63) is 36.0 Å². The monoisotopic (exact) mass is 177 g/mol. The Kier molecular flexibility index (Phi) is 1.70. The number of hydrogen-bond acceptors (Lipinski definition) is 1. The van der Waals surface area contributed by atoms with Crippen molar-refractivity contribution in [3.63, 3.8) is 0 Å². The normalized spacial score (nSPS) is 10.4. The molecule has 0 fully saturated rings. The summed E-state index contributed by atoms with van der Waals surface area (Å²) in [5, 5.41) is 1.00. The second-order valence-electron chi connectivity index (χ2n) is 2.63. The van der Waals surface area contributed by atoms with Crippen LogP contribution in [0.15, 0.2) is 30.5 Å². The Morgan fingerprint density at radius 1 is 1.33 bits per heavy atom. The first-order valence-electron chi connectivity index (χ1n) is 3.63. The molecule has 60 valence electrons. The van der Waals surface area contributed by atoms with Gasteiger partial charge in [0.05, 0.1) is 5.52 Å². The summed E-state index contributed by atoms with van der Waals surface area (Å²) in [5.74, 6) is 0. The van der Waals surface area contributed by atoms with Crippen LogP contribution in [0.1, 0.15) is 10.4 Å². The summed E-state index contributed by atoms with van der Waals surface area (Å²) in [6.45, 7) is 0. The van der Waals surface area contributed by atoms with Gasteiger partial charge < -0.3 is 4.34 Å². The number of para-hydroxylation sites is 1. The molecule has 1 aromatic heterocycles. The Bertz CT molecular complexity index is 433. The van der Waals surface area contributed by atoms with E-state index >= 15 is 0 Å². The van der Waals surface area contributed by atoms with Crippen LogP contribution in [0.2, 0.25) is 0 Å². The van der Waals surface area contributed by atoms with Crippen LogP contribution in [0.3, 0.4) is 0 Å². The Balaban J connectivity index is 2.91. The molecule has 1 atom stereocenters. The van der Waals surface area contributed by atoms with Gasteiger partial charge in [-0.25, -0.2) is 0 Å². The zero-order chi connectivity index (χ0) is 8.55. The highest BCUT2D eigenvalue weighted by atomic mass is 31.0. The van der Waals surface area contributed by atoms with E-state index in [1.54, 1.807) is 0 Å². The summed E-state index contributed by atoms with van der Waals surface area (Å²) in [7, 11) is 2.55. The third-order valence-electron chi connectivity index (χ3n) is 1.90. The van der Waals surface area contributed by atoms with Gasteiger partial charge in [0.1, 0.15) is 0 Å². The molecular weight excluding hydrogens is 169 g/mol. The molecule has 1 unspecified atom stereocenters. The van der Waals surface area contributed by atoms with Gasteiger partial charge in [-0.15, -0.1) is 0 Å². The highest BCUT2D eigenvalue weighted by molar-refractivity contribution is 7.14. The fourth-order valence-electron chi connectivity index (χ4n) is 1.33. The van der Waals surface area contributed by atoms with Crippen LogP contribution in [0.5, 0.6) is 0 Å². The lowest BCUT2D eigenvalue weighted by atomic mass is 10.2. The maximum Gasteiger partial charge on any atom is 0.152 e. The number of nitrogens with zero attached hydrogens (tertiary/aromatic N) is 1. The Labute approximate surface area is 72.4 Å². The number of benzene rings is 1. The molecule has 0 N–H and O–H groups in total. The van der Waals surface area contributed by atoms with Crippen molar-refractivity contribution in [2.24, 2.45) is 0 Å². The van der Waals surface area contributed by atoms with Crippen molar-refractivity contribution in [2.45, 2.75) is 0 Å². The molecule has 0 spiro atoms. The summed E-state index contributed by atoms with van der Waals surface area (Å²) in [5.41, 5.74) is 1.80. The molecule has 2 rings (SSSR count). The summed E-state index contributed by atoms with van der Waals surface area (Å²) in [6, 6.07) is 7.81. The molecule has 0 aliphatic rings. The third-order valence-corrected chi connectivity index (χ3v) is 2.33. The van der Waals surface area contributed by atoms with Gasteiger partial charge in [0.25, 0.3) is 0 Å². The van der Waals surface area contributed by atoms with E-state index < -0.39 is 0 Å². The molecule has 0 saturated carbocycles. The number of fused-ring (bicyclic) bond motifs is 1. The molecule has 2 aromatic rings. The van der Waals surface area contributed by atoms with E-state index in [4.69, 9.17) is 0 Å². The SMILES string of the molecule is O=Cc1cn(P)c2ccccc12. The average Bonchev–Trinajstić information content (AvgIpc) is 2.44. The van der Waals surface area contributed by atoms with Crippen LogP contribution in [-0.4, -0.2) is 10.6 Å². The Morgan fingerprint density at radius 3 is 2.83 bits per heavy atom. The molecule has 0 bridgehead atoms. The zero-order valence-corrected chi connectivity index (χ0v) is 7.55. The van der Waals surface area contributed by atoms with E-state index in [9.17, 15) is 4.79 Å². The van der Waals surface area contributed by atoms with Gasteiger partial charge in [0.2, 0.25) is 0 Å². The van der Waals surface area contributed by atoms with Gasteiger partial charge in [0.15, 0.2) is 6.29 Å². The predicted octanol–water partition coefficient (Wildman–Crippen LogP) is 2.09. The number of carbonyl (C=O) groups excluding carboxylic acids is 1. The smallest absolute Gasteiger partial charge is 0.152 e. The number of aromatic nitrogens is 1. The summed E-state index contributed by atoms with van der Waals surface area (Å²) < 4.78 is 1.87. The van der Waals surface area contributed by atoms with E-state index in [1.165, 1.54) is 0 Å². The van der Waals surface area contributed by atoms with Crippen LogP contribution in [0, 0.1) is 0 Å². The van der Waals surface area contributed by atoms with Crippen LogP contribution in [0.4, 0.5) is 0 Å². The molecule has 0 aliphatic heterocycles. The second kappa shape index (κ2) is 2.72. The number of aldehydes is 1. The van der Waals surface area contributed by atoms with Crippen LogP contribution < -0.4 is 0 Å². The maximum absolute atomic E-state index is 10.6. The van der Waals surface area contributed by atoms with E-state index in [0.29, 0.717) is 0 Å². The first-order valence-corrected chi connectivity index (χ1v) is 4.15. The molecule has 0 saturated heterocycles. The van der Waals surface area contributed by atoms with Crippen molar-refractivity contribution in [2.75, 3.05) is 0 Å². The molecule has 0 aliphatic carbocycles. The molecule has 3 heteroatoms. The van der Waals surface area contributed by atoms with Gasteiger partial charge in [-0.2, -0.15) is 0 Å². The van der Waals surface area contributed by atoms with Crippen molar-refractivity contribution in [1.82, 2.24) is 4.34 Å². The van der Waals surface area contributed by atoms with E-state index in [0.717, 1.165) is 22.8 Å². The maximum atomic E-state index is 10.6. The van der Waals surface area contributed by atoms with Crippen molar-refractivity contribution in [1.29, 1.82) is 0 Å². The minimum atomic E-state index is 0.737. The van der Waals surface area contributed by atoms with Gasteiger partial charge in [0, 0.05) is 17.1 Å². The molecular formula is C9H8NOP. The van der Waals surface area contributed by atoms with Gasteiger partial charge in [-0.1, -0.05) is 18.2 Å². The minimum absolute atomic E-state index is 0.737. The summed E-state index contributed by atoms with van der Waals surface area (Å²) in [6.07, 6.45) is 2.69. The predicted molar refractivity (Wildman–Crippen MR) is 52.4 cm³/mol. The molecule has 1 aromatic carbocycles. The summed E-state index contributed by atoms with van der Waals surface area (Å²) in [4.78, 5) is 10.6. The molecule has 1 heterocycles. The quantitative estimate of drug-likeness (QED) is 0.483. The number of hydrogen-bond donors (Lipinski definition) is 0. The van der Waals surface area contributed by atoms with Crippen molar-refractivity contribution < 1.29 is 4.79 Å². The molecule has 12 heavy (non-hydrogen) atoms. The first kappa shape index (κ1) is 7.51. The van der Waals surface area contributed by atoms with Crippen LogP contribution in [-0.2, 0) is 0 Å². The fraction of sp³-hybridized carbons (Fsp3) is 0. The largest absolute Gasteiger partial charge is 0.331 e. The fourth-order valence-corrected chi connectivity index (χ4v) is 1.71. The Hall–Kier alpha value is -1.14. The minimum Gasteiger partial charge on any atom is -0.331 e. The highest BCUT2D eigenvalue weighted by Gasteiger charge is 2.02. The zero-order valence-electron chi connectivity index (χ0n) is 6.40. The Morgan fingerprint density at radius 2 is 2.08 bits per heavy atom. The van der Waals surface area contributed by atoms with E-state index in [1.807, 2.05) is 34.8 Å². The number of rotatable bonds is 1. The first-order chi connectivity index (χ1) is 5.83. The lowest BCUT2D eigenvalue weighted by Gasteiger charge is -1.92. The lowest BCUT2D eigenvalue weighted by molar-refractivity contribution is 0.112. The van der Waals surface area contributed by atoms with E-state index in [2.05, 4.69) is 9.39 Å². The lowest BCUT2D eigenvalue weighted by Crippen LogP contribution is -1.72. The van der Waals surface area contributed by atoms with Crippen LogP contribution >= 0.6 is 9.39 Å². The highest BCUT2D eigenvalue weighted by Crippen LogP contribution is 2.21. The summed E-state index contributed by atoms with van der Waals surface area (Å²) >= 11 is 0.